The molecule has 22 heavy (non-hydrogen) atoms. The zero-order valence-electron chi connectivity index (χ0n) is 12.4. The molecule has 0 atom stereocenters. The molecule has 4 nitrogen and oxygen atoms in total. The molecule has 0 saturated carbocycles. The Morgan fingerprint density at radius 2 is 1.73 bits per heavy atom. The maximum atomic E-state index is 12.5. The van der Waals surface area contributed by atoms with Crippen molar-refractivity contribution in [3.8, 4) is 0 Å². The summed E-state index contributed by atoms with van der Waals surface area (Å²) in [6, 6.07) is 5.68. The summed E-state index contributed by atoms with van der Waals surface area (Å²) >= 11 is 12.0. The summed E-state index contributed by atoms with van der Waals surface area (Å²) in [6.45, 7) is 4.59. The first kappa shape index (κ1) is 15.9. The highest BCUT2D eigenvalue weighted by Gasteiger charge is 2.28. The predicted molar refractivity (Wildman–Crippen MR) is 88.8 cm³/mol. The summed E-state index contributed by atoms with van der Waals surface area (Å²) in [5.41, 5.74) is 1.06. The molecular weight excluding hydrogens is 323 g/mol. The van der Waals surface area contributed by atoms with E-state index in [0.717, 1.165) is 44.7 Å². The second-order valence-electron chi connectivity index (χ2n) is 5.80. The number of carbonyl (C=O) groups excluding carboxylic acids is 1. The molecular formula is C16H20Cl2N2O2. The lowest BCUT2D eigenvalue weighted by atomic mass is 9.98. The van der Waals surface area contributed by atoms with E-state index in [-0.39, 0.29) is 11.8 Å². The molecule has 6 heteroatoms. The van der Waals surface area contributed by atoms with Gasteiger partial charge in [0.1, 0.15) is 0 Å². The molecule has 120 valence electrons. The number of hydrogen-bond acceptors (Lipinski definition) is 3. The smallest absolute Gasteiger partial charge is 0.225 e. The Labute approximate surface area is 140 Å². The van der Waals surface area contributed by atoms with E-state index in [0.29, 0.717) is 23.3 Å². The topological polar surface area (TPSA) is 32.8 Å². The largest absolute Gasteiger partial charge is 0.381 e. The number of carbonyl (C=O) groups is 1. The number of ether oxygens (including phenoxy) is 1. The van der Waals surface area contributed by atoms with E-state index in [9.17, 15) is 4.79 Å². The van der Waals surface area contributed by atoms with Gasteiger partial charge in [0.15, 0.2) is 0 Å². The molecule has 1 aromatic carbocycles. The quantitative estimate of drug-likeness (QED) is 0.827. The zero-order valence-corrected chi connectivity index (χ0v) is 13.9. The van der Waals surface area contributed by atoms with Crippen LogP contribution in [0.4, 0.5) is 5.69 Å². The van der Waals surface area contributed by atoms with E-state index in [2.05, 4.69) is 4.90 Å². The number of benzene rings is 1. The molecule has 0 bridgehead atoms. The number of nitrogens with zero attached hydrogens (tertiary/aromatic N) is 2. The van der Waals surface area contributed by atoms with Gasteiger partial charge in [-0.15, -0.1) is 0 Å². The minimum atomic E-state index is 0.144. The highest BCUT2D eigenvalue weighted by atomic mass is 35.5. The minimum Gasteiger partial charge on any atom is -0.381 e. The van der Waals surface area contributed by atoms with Gasteiger partial charge < -0.3 is 14.5 Å². The summed E-state index contributed by atoms with van der Waals surface area (Å²) < 4.78 is 5.33. The van der Waals surface area contributed by atoms with E-state index in [1.807, 2.05) is 23.1 Å². The first-order valence-corrected chi connectivity index (χ1v) is 8.47. The van der Waals surface area contributed by atoms with Gasteiger partial charge in [0, 0.05) is 51.0 Å². The number of hydrogen-bond donors (Lipinski definition) is 0. The summed E-state index contributed by atoms with van der Waals surface area (Å²) in [6.07, 6.45) is 1.71. The third-order valence-corrected chi connectivity index (χ3v) is 5.17. The molecule has 0 aliphatic carbocycles. The van der Waals surface area contributed by atoms with E-state index in [1.165, 1.54) is 0 Å². The lowest BCUT2D eigenvalue weighted by molar-refractivity contribution is -0.138. The van der Waals surface area contributed by atoms with Gasteiger partial charge in [-0.2, -0.15) is 0 Å². The molecule has 2 aliphatic heterocycles. The maximum absolute atomic E-state index is 12.5. The molecule has 0 aromatic heterocycles. The van der Waals surface area contributed by atoms with Crippen molar-refractivity contribution in [1.29, 1.82) is 0 Å². The zero-order chi connectivity index (χ0) is 15.5. The number of rotatable bonds is 2. The van der Waals surface area contributed by atoms with Crippen molar-refractivity contribution < 1.29 is 9.53 Å². The predicted octanol–water partition coefficient (Wildman–Crippen LogP) is 3.07. The van der Waals surface area contributed by atoms with Crippen molar-refractivity contribution in [2.24, 2.45) is 5.92 Å². The minimum absolute atomic E-state index is 0.144. The van der Waals surface area contributed by atoms with Crippen LogP contribution in [0.15, 0.2) is 18.2 Å². The molecule has 1 aromatic rings. The first-order chi connectivity index (χ1) is 10.6. The normalized spacial score (nSPS) is 20.3. The van der Waals surface area contributed by atoms with Crippen LogP contribution in [-0.4, -0.2) is 50.2 Å². The Morgan fingerprint density at radius 1 is 1.05 bits per heavy atom. The summed E-state index contributed by atoms with van der Waals surface area (Å²) in [4.78, 5) is 16.7. The summed E-state index contributed by atoms with van der Waals surface area (Å²) in [5.74, 6) is 0.433. The van der Waals surface area contributed by atoms with Crippen LogP contribution in [0.25, 0.3) is 0 Å². The van der Waals surface area contributed by atoms with E-state index in [4.69, 9.17) is 27.9 Å². The maximum Gasteiger partial charge on any atom is 0.225 e. The Balaban J connectivity index is 1.57. The van der Waals surface area contributed by atoms with Crippen molar-refractivity contribution >= 4 is 34.8 Å². The lowest BCUT2D eigenvalue weighted by Crippen LogP contribution is -2.51. The fourth-order valence-corrected chi connectivity index (χ4v) is 3.36. The number of amides is 1. The number of halogens is 2. The highest BCUT2D eigenvalue weighted by molar-refractivity contribution is 6.42. The SMILES string of the molecule is O=C(C1CCOCC1)N1CCN(c2ccc(Cl)c(Cl)c2)CC1. The Bertz CT molecular complexity index is 539. The van der Waals surface area contributed by atoms with Crippen LogP contribution in [0.5, 0.6) is 0 Å². The van der Waals surface area contributed by atoms with Gasteiger partial charge in [-0.05, 0) is 31.0 Å². The monoisotopic (exact) mass is 342 g/mol. The molecule has 2 fully saturated rings. The highest BCUT2D eigenvalue weighted by Crippen LogP contribution is 2.28. The molecule has 1 amide bonds. The molecule has 0 unspecified atom stereocenters. The average Bonchev–Trinajstić information content (AvgIpc) is 2.58. The van der Waals surface area contributed by atoms with Gasteiger partial charge in [-0.3, -0.25) is 4.79 Å². The lowest BCUT2D eigenvalue weighted by Gasteiger charge is -2.38. The Kier molecular flexibility index (Phi) is 5.11. The summed E-state index contributed by atoms with van der Waals surface area (Å²) in [7, 11) is 0. The van der Waals surface area contributed by atoms with Crippen LogP contribution in [0.1, 0.15) is 12.8 Å². The molecule has 2 aliphatic rings. The van der Waals surface area contributed by atoms with Crippen molar-refractivity contribution in [3.63, 3.8) is 0 Å². The van der Waals surface area contributed by atoms with Gasteiger partial charge in [0.05, 0.1) is 10.0 Å². The number of piperazine rings is 1. The molecule has 2 heterocycles. The summed E-state index contributed by atoms with van der Waals surface area (Å²) in [5, 5.41) is 1.14. The van der Waals surface area contributed by atoms with E-state index >= 15 is 0 Å². The van der Waals surface area contributed by atoms with E-state index in [1.54, 1.807) is 0 Å². The van der Waals surface area contributed by atoms with Gasteiger partial charge in [-0.1, -0.05) is 23.2 Å². The fraction of sp³-hybridized carbons (Fsp3) is 0.562. The molecule has 0 N–H and O–H groups in total. The Morgan fingerprint density at radius 3 is 2.36 bits per heavy atom. The second kappa shape index (κ2) is 7.07. The van der Waals surface area contributed by atoms with E-state index < -0.39 is 0 Å². The van der Waals surface area contributed by atoms with Gasteiger partial charge in [-0.25, -0.2) is 0 Å². The van der Waals surface area contributed by atoms with Crippen LogP contribution in [0, 0.1) is 5.92 Å². The third-order valence-electron chi connectivity index (χ3n) is 4.43. The van der Waals surface area contributed by atoms with Crippen molar-refractivity contribution in [2.75, 3.05) is 44.3 Å². The Hall–Kier alpha value is -0.970. The molecule has 0 radical (unpaired) electrons. The molecule has 0 spiro atoms. The second-order valence-corrected chi connectivity index (χ2v) is 6.61. The van der Waals surface area contributed by atoms with Crippen LogP contribution >= 0.6 is 23.2 Å². The molecule has 3 rings (SSSR count). The average molecular weight is 343 g/mol. The standard InChI is InChI=1S/C16H20Cl2N2O2/c17-14-2-1-13(11-15(14)18)19-5-7-20(8-6-19)16(21)12-3-9-22-10-4-12/h1-2,11-12H,3-10H2. The van der Waals surface area contributed by atoms with Crippen LogP contribution in [-0.2, 0) is 9.53 Å². The first-order valence-electron chi connectivity index (χ1n) is 7.71. The third kappa shape index (κ3) is 3.50. The van der Waals surface area contributed by atoms with Crippen LogP contribution in [0.2, 0.25) is 10.0 Å². The molecule has 2 saturated heterocycles. The van der Waals surface area contributed by atoms with Gasteiger partial charge in [0.2, 0.25) is 5.91 Å². The fourth-order valence-electron chi connectivity index (χ4n) is 3.07. The van der Waals surface area contributed by atoms with Crippen molar-refractivity contribution in [3.05, 3.63) is 28.2 Å². The van der Waals surface area contributed by atoms with Gasteiger partial charge >= 0.3 is 0 Å². The van der Waals surface area contributed by atoms with Crippen molar-refractivity contribution in [1.82, 2.24) is 4.90 Å². The van der Waals surface area contributed by atoms with Gasteiger partial charge in [0.25, 0.3) is 0 Å². The number of anilines is 1. The van der Waals surface area contributed by atoms with Crippen LogP contribution < -0.4 is 4.90 Å². The van der Waals surface area contributed by atoms with Crippen LogP contribution in [0.3, 0.4) is 0 Å². The van der Waals surface area contributed by atoms with Crippen molar-refractivity contribution in [2.45, 2.75) is 12.8 Å².